The van der Waals surface area contributed by atoms with Crippen LogP contribution in [0.3, 0.4) is 0 Å². The number of likely N-dealkylation sites (tertiary alicyclic amines) is 1. The number of aromatic nitrogens is 3. The van der Waals surface area contributed by atoms with E-state index in [9.17, 15) is 4.79 Å². The number of nitrogen functional groups attached to an aromatic ring is 1. The summed E-state index contributed by atoms with van der Waals surface area (Å²) in [5.41, 5.74) is 13.7. The lowest BCUT2D eigenvalue weighted by Crippen LogP contribution is -2.31. The fraction of sp³-hybridized carbons (Fsp3) is 0.308. The minimum Gasteiger partial charge on any atom is -0.368 e. The maximum absolute atomic E-state index is 12.8. The smallest absolute Gasteiger partial charge is 0.253 e. The van der Waals surface area contributed by atoms with Crippen LogP contribution in [-0.2, 0) is 12.8 Å². The molecule has 5 rings (SSSR count). The minimum atomic E-state index is 0.134. The van der Waals surface area contributed by atoms with Crippen molar-refractivity contribution in [1.29, 1.82) is 0 Å². The predicted molar refractivity (Wildman–Crippen MR) is 132 cm³/mol. The van der Waals surface area contributed by atoms with Crippen LogP contribution in [0.25, 0.3) is 10.2 Å². The van der Waals surface area contributed by atoms with Gasteiger partial charge < -0.3 is 10.6 Å². The van der Waals surface area contributed by atoms with E-state index in [1.54, 1.807) is 11.3 Å². The summed E-state index contributed by atoms with van der Waals surface area (Å²) in [5.74, 6) is 0.421. The summed E-state index contributed by atoms with van der Waals surface area (Å²) in [6.07, 6.45) is 5.96. The maximum atomic E-state index is 12.8. The van der Waals surface area contributed by atoms with Crippen LogP contribution in [0.15, 0.2) is 54.0 Å². The molecule has 0 saturated carbocycles. The molecule has 0 spiro atoms. The average Bonchev–Trinajstić information content (AvgIpc) is 3.10. The molecular formula is C26H27N5OS. The van der Waals surface area contributed by atoms with E-state index in [0.717, 1.165) is 54.0 Å². The van der Waals surface area contributed by atoms with Gasteiger partial charge in [0.2, 0.25) is 5.95 Å². The first-order valence-corrected chi connectivity index (χ1v) is 12.3. The number of nitrogens with two attached hydrogens (primary N) is 1. The van der Waals surface area contributed by atoms with Crippen LogP contribution in [-0.4, -0.2) is 38.8 Å². The Morgan fingerprint density at radius 1 is 0.879 bits per heavy atom. The highest BCUT2D eigenvalue weighted by Crippen LogP contribution is 2.21. The van der Waals surface area contributed by atoms with Gasteiger partial charge >= 0.3 is 0 Å². The number of benzene rings is 2. The zero-order valence-electron chi connectivity index (χ0n) is 18.5. The molecule has 1 aliphatic heterocycles. The van der Waals surface area contributed by atoms with Gasteiger partial charge in [0.25, 0.3) is 5.91 Å². The van der Waals surface area contributed by atoms with Crippen LogP contribution < -0.4 is 5.73 Å². The summed E-state index contributed by atoms with van der Waals surface area (Å²) in [6.45, 7) is 1.72. The molecule has 2 aromatic carbocycles. The van der Waals surface area contributed by atoms with E-state index >= 15 is 0 Å². The molecule has 0 bridgehead atoms. The quantitative estimate of drug-likeness (QED) is 0.462. The Hall–Kier alpha value is -3.32. The molecule has 3 heterocycles. The van der Waals surface area contributed by atoms with E-state index in [0.29, 0.717) is 12.8 Å². The number of hydrogen-bond donors (Lipinski definition) is 1. The third-order valence-electron chi connectivity index (χ3n) is 6.11. The van der Waals surface area contributed by atoms with Crippen molar-refractivity contribution in [2.24, 2.45) is 0 Å². The molecule has 1 saturated heterocycles. The normalized spacial score (nSPS) is 14.4. The fourth-order valence-electron chi connectivity index (χ4n) is 4.41. The molecule has 6 nitrogen and oxygen atoms in total. The van der Waals surface area contributed by atoms with E-state index in [4.69, 9.17) is 5.73 Å². The molecular weight excluding hydrogens is 430 g/mol. The summed E-state index contributed by atoms with van der Waals surface area (Å²) in [4.78, 5) is 28.0. The molecule has 1 amide bonds. The van der Waals surface area contributed by atoms with Gasteiger partial charge in [0.15, 0.2) is 0 Å². The molecule has 0 aliphatic carbocycles. The zero-order valence-corrected chi connectivity index (χ0v) is 19.4. The van der Waals surface area contributed by atoms with Crippen molar-refractivity contribution in [2.75, 3.05) is 18.8 Å². The molecule has 2 aromatic heterocycles. The third-order valence-corrected chi connectivity index (χ3v) is 6.90. The lowest BCUT2D eigenvalue weighted by Gasteiger charge is -2.20. The van der Waals surface area contributed by atoms with Gasteiger partial charge in [-0.05, 0) is 54.3 Å². The van der Waals surface area contributed by atoms with Gasteiger partial charge in [0.05, 0.1) is 27.1 Å². The van der Waals surface area contributed by atoms with Gasteiger partial charge in [-0.15, -0.1) is 11.3 Å². The van der Waals surface area contributed by atoms with Gasteiger partial charge in [-0.3, -0.25) is 4.79 Å². The van der Waals surface area contributed by atoms with Crippen molar-refractivity contribution in [2.45, 2.75) is 38.5 Å². The number of nitrogens with zero attached hydrogens (tertiary/aromatic N) is 4. The second-order valence-electron chi connectivity index (χ2n) is 8.62. The first-order valence-electron chi connectivity index (χ1n) is 11.5. The minimum absolute atomic E-state index is 0.134. The summed E-state index contributed by atoms with van der Waals surface area (Å²) in [5, 5.41) is 0. The van der Waals surface area contributed by atoms with E-state index in [-0.39, 0.29) is 11.9 Å². The second-order valence-corrected chi connectivity index (χ2v) is 9.51. The molecule has 1 fully saturated rings. The van der Waals surface area contributed by atoms with Crippen molar-refractivity contribution in [1.82, 2.24) is 19.9 Å². The van der Waals surface area contributed by atoms with Crippen LogP contribution in [0.4, 0.5) is 5.95 Å². The van der Waals surface area contributed by atoms with E-state index in [2.05, 4.69) is 27.1 Å². The standard InChI is InChI=1S/C26H27N5OS/c27-26-29-21(16-22(30-26)14-19-7-10-23-24(15-19)33-17-28-23)13-18-5-8-20(9-6-18)25(32)31-11-3-1-2-4-12-31/h5-10,15-17H,1-4,11-14H2,(H2,27,29,30). The summed E-state index contributed by atoms with van der Waals surface area (Å²) < 4.78 is 1.17. The SMILES string of the molecule is Nc1nc(Cc2ccc(C(=O)N3CCCCCC3)cc2)cc(Cc2ccc3ncsc3c2)n1. The highest BCUT2D eigenvalue weighted by molar-refractivity contribution is 7.16. The predicted octanol–water partition coefficient (Wildman–Crippen LogP) is 4.87. The van der Waals surface area contributed by atoms with Crippen LogP contribution in [0, 0.1) is 0 Å². The van der Waals surface area contributed by atoms with Crippen LogP contribution >= 0.6 is 11.3 Å². The molecule has 168 valence electrons. The van der Waals surface area contributed by atoms with E-state index in [1.165, 1.54) is 23.1 Å². The number of anilines is 1. The van der Waals surface area contributed by atoms with Gasteiger partial charge in [-0.1, -0.05) is 31.0 Å². The van der Waals surface area contributed by atoms with Crippen molar-refractivity contribution in [3.63, 3.8) is 0 Å². The zero-order chi connectivity index (χ0) is 22.6. The van der Waals surface area contributed by atoms with E-state index in [1.807, 2.05) is 46.8 Å². The Morgan fingerprint density at radius 3 is 2.27 bits per heavy atom. The number of carbonyl (C=O) groups excluding carboxylic acids is 1. The highest BCUT2D eigenvalue weighted by atomic mass is 32.1. The molecule has 7 heteroatoms. The highest BCUT2D eigenvalue weighted by Gasteiger charge is 2.17. The fourth-order valence-corrected chi connectivity index (χ4v) is 5.15. The Labute approximate surface area is 197 Å². The summed E-state index contributed by atoms with van der Waals surface area (Å²) in [7, 11) is 0. The Bertz CT molecular complexity index is 1260. The maximum Gasteiger partial charge on any atom is 0.253 e. The third kappa shape index (κ3) is 5.20. The first kappa shape index (κ1) is 21.5. The van der Waals surface area contributed by atoms with E-state index < -0.39 is 0 Å². The van der Waals surface area contributed by atoms with Crippen molar-refractivity contribution in [3.05, 3.63) is 82.1 Å². The van der Waals surface area contributed by atoms with Crippen molar-refractivity contribution >= 4 is 33.4 Å². The number of thiazole rings is 1. The monoisotopic (exact) mass is 457 g/mol. The molecule has 0 unspecified atom stereocenters. The number of fused-ring (bicyclic) bond motifs is 1. The topological polar surface area (TPSA) is 85.0 Å². The van der Waals surface area contributed by atoms with Gasteiger partial charge in [0, 0.05) is 31.5 Å². The summed E-state index contributed by atoms with van der Waals surface area (Å²) >= 11 is 1.64. The van der Waals surface area contributed by atoms with Crippen LogP contribution in [0.1, 0.15) is 58.6 Å². The number of hydrogen-bond acceptors (Lipinski definition) is 6. The van der Waals surface area contributed by atoms with Gasteiger partial charge in [-0.2, -0.15) is 0 Å². The average molecular weight is 458 g/mol. The Balaban J connectivity index is 1.28. The number of carbonyl (C=O) groups is 1. The Kier molecular flexibility index (Phi) is 6.30. The molecule has 0 radical (unpaired) electrons. The Morgan fingerprint density at radius 2 is 1.55 bits per heavy atom. The lowest BCUT2D eigenvalue weighted by molar-refractivity contribution is 0.0761. The largest absolute Gasteiger partial charge is 0.368 e. The van der Waals surface area contributed by atoms with Crippen LogP contribution in [0.5, 0.6) is 0 Å². The number of rotatable bonds is 5. The van der Waals surface area contributed by atoms with Crippen molar-refractivity contribution in [3.8, 4) is 0 Å². The van der Waals surface area contributed by atoms with Crippen molar-refractivity contribution < 1.29 is 4.79 Å². The van der Waals surface area contributed by atoms with Crippen LogP contribution in [0.2, 0.25) is 0 Å². The second kappa shape index (κ2) is 9.67. The first-order chi connectivity index (χ1) is 16.1. The molecule has 4 aromatic rings. The molecule has 33 heavy (non-hydrogen) atoms. The van der Waals surface area contributed by atoms with Gasteiger partial charge in [-0.25, -0.2) is 15.0 Å². The van der Waals surface area contributed by atoms with Gasteiger partial charge in [0.1, 0.15) is 0 Å². The summed E-state index contributed by atoms with van der Waals surface area (Å²) in [6, 6.07) is 16.2. The number of amides is 1. The molecule has 1 aliphatic rings. The lowest BCUT2D eigenvalue weighted by atomic mass is 10.0. The molecule has 0 atom stereocenters. The molecule has 2 N–H and O–H groups in total.